The van der Waals surface area contributed by atoms with E-state index in [4.69, 9.17) is 4.74 Å². The number of ether oxygens (including phenoxy) is 1. The maximum absolute atomic E-state index is 12.2. The number of nitrogens with one attached hydrogen (secondary N) is 2. The summed E-state index contributed by atoms with van der Waals surface area (Å²) in [5, 5.41) is 10.1. The molecule has 138 valence electrons. The molecule has 0 spiro atoms. The summed E-state index contributed by atoms with van der Waals surface area (Å²) in [5.74, 6) is 0. The fraction of sp³-hybridized carbons (Fsp3) is 0.389. The number of urea groups is 1. The van der Waals surface area contributed by atoms with E-state index in [1.165, 1.54) is 0 Å². The molecule has 0 bridgehead atoms. The second-order valence-electron chi connectivity index (χ2n) is 6.19. The number of carbonyl (C=O) groups is 2. The lowest BCUT2D eigenvalue weighted by Gasteiger charge is -2.26. The lowest BCUT2D eigenvalue weighted by Crippen LogP contribution is -2.43. The molecule has 0 radical (unpaired) electrons. The fourth-order valence-corrected chi connectivity index (χ4v) is 2.91. The number of aryl methyl sites for hydroxylation is 2. The minimum atomic E-state index is -0.329. The monoisotopic (exact) mass is 357 g/mol. The molecular weight excluding hydrogens is 334 g/mol. The topological polar surface area (TPSA) is 88.5 Å². The van der Waals surface area contributed by atoms with Gasteiger partial charge in [-0.2, -0.15) is 5.10 Å². The summed E-state index contributed by atoms with van der Waals surface area (Å²) in [6, 6.07) is 9.14. The molecule has 2 aromatic rings. The van der Waals surface area contributed by atoms with Gasteiger partial charge in [0, 0.05) is 25.3 Å². The zero-order chi connectivity index (χ0) is 18.5. The highest BCUT2D eigenvalue weighted by molar-refractivity contribution is 5.91. The number of aromatic nitrogens is 2. The quantitative estimate of drug-likeness (QED) is 0.860. The average molecular weight is 357 g/mol. The Morgan fingerprint density at radius 2 is 2.12 bits per heavy atom. The van der Waals surface area contributed by atoms with Crippen molar-refractivity contribution in [1.82, 2.24) is 20.0 Å². The third kappa shape index (κ3) is 4.14. The van der Waals surface area contributed by atoms with Crippen LogP contribution >= 0.6 is 0 Å². The summed E-state index contributed by atoms with van der Waals surface area (Å²) in [5.41, 5.74) is 3.36. The molecule has 2 N–H and O–H groups in total. The minimum Gasteiger partial charge on any atom is -0.449 e. The van der Waals surface area contributed by atoms with E-state index >= 15 is 0 Å². The second-order valence-corrected chi connectivity index (χ2v) is 6.19. The maximum Gasteiger partial charge on any atom is 0.409 e. The molecule has 8 nitrogen and oxygen atoms in total. The number of cyclic esters (lactones) is 1. The van der Waals surface area contributed by atoms with E-state index in [0.717, 1.165) is 23.5 Å². The maximum atomic E-state index is 12.2. The van der Waals surface area contributed by atoms with E-state index in [0.29, 0.717) is 31.9 Å². The second kappa shape index (κ2) is 7.90. The zero-order valence-corrected chi connectivity index (χ0v) is 15.0. The van der Waals surface area contributed by atoms with Gasteiger partial charge in [0.05, 0.1) is 23.7 Å². The summed E-state index contributed by atoms with van der Waals surface area (Å²) >= 11 is 0. The van der Waals surface area contributed by atoms with Gasteiger partial charge in [0.2, 0.25) is 0 Å². The smallest absolute Gasteiger partial charge is 0.409 e. The third-order valence-corrected chi connectivity index (χ3v) is 4.11. The Kier molecular flexibility index (Phi) is 5.40. The number of rotatable bonds is 5. The van der Waals surface area contributed by atoms with Crippen LogP contribution in [0.4, 0.5) is 15.3 Å². The van der Waals surface area contributed by atoms with Crippen molar-refractivity contribution in [1.29, 1.82) is 0 Å². The van der Waals surface area contributed by atoms with Crippen LogP contribution in [0.25, 0.3) is 5.69 Å². The summed E-state index contributed by atoms with van der Waals surface area (Å²) < 4.78 is 6.77. The van der Waals surface area contributed by atoms with Crippen molar-refractivity contribution in [2.24, 2.45) is 0 Å². The Labute approximate surface area is 152 Å². The third-order valence-electron chi connectivity index (χ3n) is 4.11. The van der Waals surface area contributed by atoms with Crippen LogP contribution in [0.15, 0.2) is 30.3 Å². The van der Waals surface area contributed by atoms with Crippen LogP contribution in [0.3, 0.4) is 0 Å². The molecule has 1 aliphatic rings. The van der Waals surface area contributed by atoms with Crippen molar-refractivity contribution in [3.8, 4) is 5.69 Å². The largest absolute Gasteiger partial charge is 0.449 e. The highest BCUT2D eigenvalue weighted by atomic mass is 16.6. The van der Waals surface area contributed by atoms with Gasteiger partial charge in [0.15, 0.2) is 0 Å². The molecule has 1 aromatic carbocycles. The highest BCUT2D eigenvalue weighted by Gasteiger charge is 2.19. The Balaban J connectivity index is 1.59. The Morgan fingerprint density at radius 3 is 2.85 bits per heavy atom. The first-order chi connectivity index (χ1) is 12.5. The average Bonchev–Trinajstić information content (AvgIpc) is 2.95. The molecular formula is C18H23N5O3. The van der Waals surface area contributed by atoms with E-state index in [-0.39, 0.29) is 12.1 Å². The first-order valence-corrected chi connectivity index (χ1v) is 8.64. The van der Waals surface area contributed by atoms with Crippen molar-refractivity contribution in [3.05, 3.63) is 41.7 Å². The number of carbonyl (C=O) groups excluding carboxylic acids is 2. The van der Waals surface area contributed by atoms with E-state index in [2.05, 4.69) is 15.7 Å². The van der Waals surface area contributed by atoms with Crippen molar-refractivity contribution in [2.75, 3.05) is 31.6 Å². The summed E-state index contributed by atoms with van der Waals surface area (Å²) in [6.07, 6.45) is 0.488. The standard InChI is InChI=1S/C18H23N5O3/c1-13-12-14(2)23(21-13)16-7-4-3-6-15(16)20-17(24)19-8-10-22-9-5-11-26-18(22)25/h3-4,6-7,12H,5,8-11H2,1-2H3,(H2,19,20,24). The van der Waals surface area contributed by atoms with Crippen molar-refractivity contribution < 1.29 is 14.3 Å². The van der Waals surface area contributed by atoms with Gasteiger partial charge >= 0.3 is 12.1 Å². The van der Waals surface area contributed by atoms with E-state index in [1.807, 2.05) is 44.2 Å². The van der Waals surface area contributed by atoms with E-state index in [1.54, 1.807) is 9.58 Å². The minimum absolute atomic E-state index is 0.326. The predicted octanol–water partition coefficient (Wildman–Crippen LogP) is 2.45. The van der Waals surface area contributed by atoms with Gasteiger partial charge in [-0.1, -0.05) is 12.1 Å². The summed E-state index contributed by atoms with van der Waals surface area (Å²) in [7, 11) is 0. The number of anilines is 1. The molecule has 1 aliphatic heterocycles. The Bertz CT molecular complexity index is 802. The molecule has 2 heterocycles. The first-order valence-electron chi connectivity index (χ1n) is 8.64. The number of nitrogens with zero attached hydrogens (tertiary/aromatic N) is 3. The number of amides is 3. The van der Waals surface area contributed by atoms with Gasteiger partial charge in [0.1, 0.15) is 0 Å². The van der Waals surface area contributed by atoms with Crippen LogP contribution in [0.2, 0.25) is 0 Å². The number of hydrogen-bond donors (Lipinski definition) is 2. The number of hydrogen-bond acceptors (Lipinski definition) is 4. The van der Waals surface area contributed by atoms with Gasteiger partial charge in [-0.05, 0) is 38.5 Å². The molecule has 3 rings (SSSR count). The van der Waals surface area contributed by atoms with Crippen LogP contribution in [-0.2, 0) is 4.74 Å². The molecule has 26 heavy (non-hydrogen) atoms. The van der Waals surface area contributed by atoms with E-state index in [9.17, 15) is 9.59 Å². The zero-order valence-electron chi connectivity index (χ0n) is 15.0. The fourth-order valence-electron chi connectivity index (χ4n) is 2.91. The molecule has 8 heteroatoms. The number of benzene rings is 1. The first kappa shape index (κ1) is 17.8. The van der Waals surface area contributed by atoms with E-state index < -0.39 is 0 Å². The van der Waals surface area contributed by atoms with Gasteiger partial charge in [-0.3, -0.25) is 0 Å². The van der Waals surface area contributed by atoms with Crippen LogP contribution in [0, 0.1) is 13.8 Å². The molecule has 0 aliphatic carbocycles. The number of para-hydroxylation sites is 2. The van der Waals surface area contributed by atoms with Crippen molar-refractivity contribution in [2.45, 2.75) is 20.3 Å². The highest BCUT2D eigenvalue weighted by Crippen LogP contribution is 2.21. The van der Waals surface area contributed by atoms with Gasteiger partial charge in [-0.15, -0.1) is 0 Å². The molecule has 0 saturated carbocycles. The van der Waals surface area contributed by atoms with Gasteiger partial charge < -0.3 is 20.3 Å². The van der Waals surface area contributed by atoms with Crippen LogP contribution in [0.1, 0.15) is 17.8 Å². The van der Waals surface area contributed by atoms with Gasteiger partial charge in [0.25, 0.3) is 0 Å². The van der Waals surface area contributed by atoms with Crippen LogP contribution < -0.4 is 10.6 Å². The molecule has 0 unspecified atom stereocenters. The van der Waals surface area contributed by atoms with Crippen LogP contribution in [-0.4, -0.2) is 53.0 Å². The molecule has 0 atom stereocenters. The molecule has 3 amide bonds. The lowest BCUT2D eigenvalue weighted by molar-refractivity contribution is 0.0736. The SMILES string of the molecule is Cc1cc(C)n(-c2ccccc2NC(=O)NCCN2CCCOC2=O)n1. The summed E-state index contributed by atoms with van der Waals surface area (Å²) in [6.45, 7) is 5.79. The Morgan fingerprint density at radius 1 is 1.31 bits per heavy atom. The lowest BCUT2D eigenvalue weighted by atomic mass is 10.2. The molecule has 1 saturated heterocycles. The Hall–Kier alpha value is -3.03. The normalized spacial score (nSPS) is 14.1. The summed E-state index contributed by atoms with van der Waals surface area (Å²) in [4.78, 5) is 25.4. The molecule has 1 aromatic heterocycles. The van der Waals surface area contributed by atoms with Gasteiger partial charge in [-0.25, -0.2) is 14.3 Å². The molecule has 1 fully saturated rings. The predicted molar refractivity (Wildman–Crippen MR) is 97.6 cm³/mol. The van der Waals surface area contributed by atoms with Crippen molar-refractivity contribution in [3.63, 3.8) is 0 Å². The van der Waals surface area contributed by atoms with Crippen LogP contribution in [0.5, 0.6) is 0 Å². The van der Waals surface area contributed by atoms with Crippen molar-refractivity contribution >= 4 is 17.8 Å².